The van der Waals surface area contributed by atoms with Crippen molar-refractivity contribution < 1.29 is 24.0 Å². The summed E-state index contributed by atoms with van der Waals surface area (Å²) in [6.07, 6.45) is 2.41. The predicted octanol–water partition coefficient (Wildman–Crippen LogP) is 0.981. The number of fused-ring (bicyclic) bond motifs is 2. The van der Waals surface area contributed by atoms with E-state index >= 15 is 0 Å². The highest BCUT2D eigenvalue weighted by Gasteiger charge is 2.69. The molecular weight excluding hydrogens is 474 g/mol. The number of carbonyl (C=O) groups is 5. The monoisotopic (exact) mass is 507 g/mol. The van der Waals surface area contributed by atoms with E-state index in [1.807, 2.05) is 24.3 Å². The van der Waals surface area contributed by atoms with E-state index in [2.05, 4.69) is 34.8 Å². The quantitative estimate of drug-likeness (QED) is 0.394. The SMILES string of the molecule is CC1(C)[C@@H]2[C@@H](C(=O)N[C@H](C=O)C[C@@H]3CCCNC3=O)N(C(=O)CNC(=O)c3cc4ccccc4[nH]3)C[C@@H]21. The van der Waals surface area contributed by atoms with Crippen LogP contribution in [-0.4, -0.2) is 71.5 Å². The number of nitrogens with zero attached hydrogens (tertiary/aromatic N) is 1. The Labute approximate surface area is 214 Å². The van der Waals surface area contributed by atoms with E-state index < -0.39 is 18.0 Å². The summed E-state index contributed by atoms with van der Waals surface area (Å²) in [6.45, 7) is 4.96. The Morgan fingerprint density at radius 1 is 1.24 bits per heavy atom. The molecule has 0 unspecified atom stereocenters. The molecule has 1 saturated carbocycles. The molecule has 5 rings (SSSR count). The van der Waals surface area contributed by atoms with Gasteiger partial charge in [-0.2, -0.15) is 0 Å². The smallest absolute Gasteiger partial charge is 0.268 e. The first-order valence-corrected chi connectivity index (χ1v) is 12.9. The van der Waals surface area contributed by atoms with Crippen molar-refractivity contribution >= 4 is 40.8 Å². The zero-order valence-corrected chi connectivity index (χ0v) is 21.1. The van der Waals surface area contributed by atoms with Gasteiger partial charge in [0.25, 0.3) is 5.91 Å². The topological polar surface area (TPSA) is 140 Å². The van der Waals surface area contributed by atoms with E-state index in [1.54, 1.807) is 6.07 Å². The lowest BCUT2D eigenvalue weighted by atomic mass is 9.91. The van der Waals surface area contributed by atoms with Gasteiger partial charge in [0.1, 0.15) is 18.0 Å². The Morgan fingerprint density at radius 3 is 2.76 bits per heavy atom. The van der Waals surface area contributed by atoms with Gasteiger partial charge in [0, 0.05) is 29.9 Å². The Bertz CT molecular complexity index is 1220. The van der Waals surface area contributed by atoms with Gasteiger partial charge in [0.15, 0.2) is 0 Å². The Morgan fingerprint density at radius 2 is 2.03 bits per heavy atom. The molecule has 0 radical (unpaired) electrons. The van der Waals surface area contributed by atoms with Gasteiger partial charge in [0.05, 0.1) is 12.6 Å². The summed E-state index contributed by atoms with van der Waals surface area (Å²) in [4.78, 5) is 67.7. The molecule has 2 aliphatic heterocycles. The fourth-order valence-electron chi connectivity index (χ4n) is 6.17. The number of piperidine rings is 2. The molecule has 1 aliphatic carbocycles. The summed E-state index contributed by atoms with van der Waals surface area (Å²) in [5.74, 6) is -1.40. The number of H-pyrrole nitrogens is 1. The summed E-state index contributed by atoms with van der Waals surface area (Å²) in [6, 6.07) is 7.71. The van der Waals surface area contributed by atoms with Gasteiger partial charge < -0.3 is 30.6 Å². The zero-order valence-electron chi connectivity index (χ0n) is 21.1. The van der Waals surface area contributed by atoms with Crippen molar-refractivity contribution in [3.8, 4) is 0 Å². The molecule has 10 nitrogen and oxygen atoms in total. The van der Waals surface area contributed by atoms with E-state index in [9.17, 15) is 24.0 Å². The normalized spacial score (nSPS) is 26.6. The average molecular weight is 508 g/mol. The third kappa shape index (κ3) is 4.72. The molecule has 4 amide bonds. The minimum atomic E-state index is -0.805. The second kappa shape index (κ2) is 9.64. The number of hydrogen-bond donors (Lipinski definition) is 4. The highest BCUT2D eigenvalue weighted by atomic mass is 16.2. The van der Waals surface area contributed by atoms with Crippen LogP contribution in [0.4, 0.5) is 0 Å². The number of nitrogens with one attached hydrogen (secondary N) is 4. The van der Waals surface area contributed by atoms with Crippen LogP contribution in [-0.2, 0) is 19.2 Å². The van der Waals surface area contributed by atoms with Crippen molar-refractivity contribution in [1.82, 2.24) is 25.8 Å². The lowest BCUT2D eigenvalue weighted by molar-refractivity contribution is -0.140. The van der Waals surface area contributed by atoms with E-state index in [4.69, 9.17) is 0 Å². The number of para-hydroxylation sites is 1. The van der Waals surface area contributed by atoms with Gasteiger partial charge in [-0.05, 0) is 48.6 Å². The van der Waals surface area contributed by atoms with Gasteiger partial charge in [0.2, 0.25) is 17.7 Å². The number of likely N-dealkylation sites (tertiary alicyclic amines) is 1. The van der Waals surface area contributed by atoms with Gasteiger partial charge in [-0.3, -0.25) is 19.2 Å². The van der Waals surface area contributed by atoms with Crippen molar-refractivity contribution in [2.45, 2.75) is 45.2 Å². The molecular formula is C27H33N5O5. The third-order valence-electron chi connectivity index (χ3n) is 8.40. The van der Waals surface area contributed by atoms with E-state index in [1.165, 1.54) is 4.90 Å². The summed E-state index contributed by atoms with van der Waals surface area (Å²) in [7, 11) is 0. The molecule has 10 heteroatoms. The number of carbonyl (C=O) groups excluding carboxylic acids is 5. The summed E-state index contributed by atoms with van der Waals surface area (Å²) >= 11 is 0. The van der Waals surface area contributed by atoms with Crippen LogP contribution in [0.3, 0.4) is 0 Å². The molecule has 3 aliphatic rings. The van der Waals surface area contributed by atoms with E-state index in [-0.39, 0.29) is 53.9 Å². The van der Waals surface area contributed by atoms with Crippen molar-refractivity contribution in [3.63, 3.8) is 0 Å². The van der Waals surface area contributed by atoms with Gasteiger partial charge in [-0.25, -0.2) is 0 Å². The number of amides is 4. The number of rotatable bonds is 8. The lowest BCUT2D eigenvalue weighted by Gasteiger charge is -2.31. The number of aromatic amines is 1. The predicted molar refractivity (Wildman–Crippen MR) is 135 cm³/mol. The molecule has 3 fully saturated rings. The molecule has 2 aromatic rings. The Hall–Kier alpha value is -3.69. The fraction of sp³-hybridized carbons (Fsp3) is 0.519. The van der Waals surface area contributed by atoms with E-state index in [0.29, 0.717) is 31.5 Å². The second-order valence-corrected chi connectivity index (χ2v) is 11.0. The molecule has 0 spiro atoms. The summed E-state index contributed by atoms with van der Waals surface area (Å²) in [5.41, 5.74) is 1.09. The molecule has 1 aromatic carbocycles. The highest BCUT2D eigenvalue weighted by Crippen LogP contribution is 2.64. The highest BCUT2D eigenvalue weighted by molar-refractivity contribution is 6.00. The molecule has 1 aromatic heterocycles. The van der Waals surface area contributed by atoms with Crippen LogP contribution >= 0.6 is 0 Å². The first-order valence-electron chi connectivity index (χ1n) is 12.9. The van der Waals surface area contributed by atoms with Crippen LogP contribution in [0.5, 0.6) is 0 Å². The third-order valence-corrected chi connectivity index (χ3v) is 8.40. The van der Waals surface area contributed by atoms with Crippen LogP contribution in [0, 0.1) is 23.2 Å². The van der Waals surface area contributed by atoms with Crippen LogP contribution in [0.25, 0.3) is 10.9 Å². The van der Waals surface area contributed by atoms with Gasteiger partial charge >= 0.3 is 0 Å². The number of benzene rings is 1. The summed E-state index contributed by atoms with van der Waals surface area (Å²) in [5, 5.41) is 9.15. The van der Waals surface area contributed by atoms with Crippen LogP contribution in [0.15, 0.2) is 30.3 Å². The molecule has 5 atom stereocenters. The van der Waals surface area contributed by atoms with Crippen molar-refractivity contribution in [2.24, 2.45) is 23.2 Å². The number of hydrogen-bond acceptors (Lipinski definition) is 5. The largest absolute Gasteiger partial charge is 0.356 e. The van der Waals surface area contributed by atoms with Crippen LogP contribution in [0.2, 0.25) is 0 Å². The molecule has 3 heterocycles. The number of aromatic nitrogens is 1. The fourth-order valence-corrected chi connectivity index (χ4v) is 6.17. The lowest BCUT2D eigenvalue weighted by Crippen LogP contribution is -2.54. The number of aldehydes is 1. The van der Waals surface area contributed by atoms with Gasteiger partial charge in [-0.15, -0.1) is 0 Å². The molecule has 4 N–H and O–H groups in total. The molecule has 196 valence electrons. The minimum absolute atomic E-state index is 0.0221. The van der Waals surface area contributed by atoms with Crippen LogP contribution in [0.1, 0.15) is 43.6 Å². The van der Waals surface area contributed by atoms with Crippen molar-refractivity contribution in [2.75, 3.05) is 19.6 Å². The summed E-state index contributed by atoms with van der Waals surface area (Å²) < 4.78 is 0. The van der Waals surface area contributed by atoms with Crippen LogP contribution < -0.4 is 16.0 Å². The molecule has 0 bridgehead atoms. The first-order chi connectivity index (χ1) is 17.7. The van der Waals surface area contributed by atoms with Crippen molar-refractivity contribution in [1.29, 1.82) is 0 Å². The Kier molecular flexibility index (Phi) is 6.51. The molecule has 37 heavy (non-hydrogen) atoms. The maximum absolute atomic E-state index is 13.4. The van der Waals surface area contributed by atoms with Gasteiger partial charge in [-0.1, -0.05) is 32.0 Å². The maximum atomic E-state index is 13.4. The maximum Gasteiger partial charge on any atom is 0.268 e. The minimum Gasteiger partial charge on any atom is -0.356 e. The molecule has 2 saturated heterocycles. The van der Waals surface area contributed by atoms with Crippen molar-refractivity contribution in [3.05, 3.63) is 36.0 Å². The second-order valence-electron chi connectivity index (χ2n) is 11.0. The zero-order chi connectivity index (χ0) is 26.3. The first kappa shape index (κ1) is 25.0. The Balaban J connectivity index is 1.23. The van der Waals surface area contributed by atoms with E-state index in [0.717, 1.165) is 17.3 Å². The standard InChI is InChI=1S/C27H33N5O5/c1-27(2)18-13-32(21(34)12-29-25(36)20-11-15-6-3-4-8-19(15)31-20)23(22(18)27)26(37)30-17(14-33)10-16-7-5-9-28-24(16)35/h3-4,6,8,11,14,16-18,22-23,31H,5,7,9-10,12-13H2,1-2H3,(H,28,35)(H,29,36)(H,30,37)/t16-,17-,18-,22-,23-/m0/s1. The average Bonchev–Trinajstić information content (AvgIpc) is 3.26.